The van der Waals surface area contributed by atoms with E-state index in [1.54, 1.807) is 6.07 Å². The van der Waals surface area contributed by atoms with E-state index in [4.69, 9.17) is 22.1 Å². The smallest absolute Gasteiger partial charge is 0.120 e. The summed E-state index contributed by atoms with van der Waals surface area (Å²) in [5.74, 6) is 0.840. The zero-order valence-corrected chi connectivity index (χ0v) is 13.2. The molecule has 0 fully saturated rings. The van der Waals surface area contributed by atoms with Gasteiger partial charge in [-0.2, -0.15) is 0 Å². The summed E-state index contributed by atoms with van der Waals surface area (Å²) in [4.78, 5) is 0. The van der Waals surface area contributed by atoms with Crippen molar-refractivity contribution in [3.05, 3.63) is 56.5 Å². The van der Waals surface area contributed by atoms with Gasteiger partial charge in [0.05, 0.1) is 0 Å². The second-order valence-electron chi connectivity index (χ2n) is 4.50. The minimum Gasteiger partial charge on any atom is -0.489 e. The Morgan fingerprint density at radius 1 is 1.16 bits per heavy atom. The molecule has 2 N–H and O–H groups in total. The third kappa shape index (κ3) is 3.43. The van der Waals surface area contributed by atoms with Crippen molar-refractivity contribution in [2.45, 2.75) is 20.5 Å². The lowest BCUT2D eigenvalue weighted by molar-refractivity contribution is 0.306. The van der Waals surface area contributed by atoms with Gasteiger partial charge in [0, 0.05) is 20.7 Å². The zero-order valence-electron chi connectivity index (χ0n) is 10.8. The summed E-state index contributed by atoms with van der Waals surface area (Å²) >= 11 is 9.41. The Bertz CT molecular complexity index is 590. The quantitative estimate of drug-likeness (QED) is 0.808. The molecule has 0 aliphatic rings. The van der Waals surface area contributed by atoms with Crippen LogP contribution in [0.25, 0.3) is 0 Å². The Balaban J connectivity index is 2.14. The first-order valence-electron chi connectivity index (χ1n) is 5.91. The van der Waals surface area contributed by atoms with Crippen LogP contribution in [0.5, 0.6) is 5.75 Å². The normalized spacial score (nSPS) is 10.5. The fourth-order valence-electron chi connectivity index (χ4n) is 1.85. The number of nitrogen functional groups attached to an aromatic ring is 1. The van der Waals surface area contributed by atoms with Crippen molar-refractivity contribution in [3.63, 3.8) is 0 Å². The molecule has 0 unspecified atom stereocenters. The van der Waals surface area contributed by atoms with Crippen LogP contribution in [0.2, 0.25) is 5.02 Å². The molecule has 0 aromatic heterocycles. The monoisotopic (exact) mass is 339 g/mol. The number of aryl methyl sites for hydroxylation is 2. The first-order valence-corrected chi connectivity index (χ1v) is 7.08. The van der Waals surface area contributed by atoms with Gasteiger partial charge in [0.25, 0.3) is 0 Å². The summed E-state index contributed by atoms with van der Waals surface area (Å²) in [7, 11) is 0. The standard InChI is InChI=1S/C15H15BrClNO/c1-9-5-13(6-10(2)15(9)16)19-8-11-3-4-12(17)7-14(11)18/h3-7H,8,18H2,1-2H3. The van der Waals surface area contributed by atoms with Crippen LogP contribution < -0.4 is 10.5 Å². The maximum atomic E-state index is 5.90. The van der Waals surface area contributed by atoms with Crippen LogP contribution in [0.3, 0.4) is 0 Å². The molecule has 0 bridgehead atoms. The molecule has 2 aromatic rings. The minimum atomic E-state index is 0.434. The first-order chi connectivity index (χ1) is 8.97. The van der Waals surface area contributed by atoms with Crippen LogP contribution >= 0.6 is 27.5 Å². The van der Waals surface area contributed by atoms with E-state index in [1.807, 2.05) is 38.1 Å². The van der Waals surface area contributed by atoms with Gasteiger partial charge >= 0.3 is 0 Å². The third-order valence-corrected chi connectivity index (χ3v) is 4.40. The van der Waals surface area contributed by atoms with Crippen LogP contribution in [0, 0.1) is 13.8 Å². The molecule has 0 saturated heterocycles. The van der Waals surface area contributed by atoms with E-state index in [2.05, 4.69) is 15.9 Å². The summed E-state index contributed by atoms with van der Waals surface area (Å²) in [6, 6.07) is 9.44. The average Bonchev–Trinajstić information content (AvgIpc) is 2.34. The topological polar surface area (TPSA) is 35.2 Å². The molecule has 4 heteroatoms. The van der Waals surface area contributed by atoms with Crippen molar-refractivity contribution < 1.29 is 4.74 Å². The fraction of sp³-hybridized carbons (Fsp3) is 0.200. The minimum absolute atomic E-state index is 0.434. The van der Waals surface area contributed by atoms with Gasteiger partial charge in [-0.25, -0.2) is 0 Å². The summed E-state index contributed by atoms with van der Waals surface area (Å²) in [6.45, 7) is 4.52. The molecule has 0 aliphatic heterocycles. The Morgan fingerprint density at radius 2 is 1.79 bits per heavy atom. The number of halogens is 2. The zero-order chi connectivity index (χ0) is 14.0. The molecule has 0 saturated carbocycles. The van der Waals surface area contributed by atoms with E-state index in [0.29, 0.717) is 17.3 Å². The van der Waals surface area contributed by atoms with Gasteiger partial charge in [-0.1, -0.05) is 33.6 Å². The number of nitrogens with two attached hydrogens (primary N) is 1. The van der Waals surface area contributed by atoms with Crippen LogP contribution in [-0.2, 0) is 6.61 Å². The molecule has 0 atom stereocenters. The molecule has 0 spiro atoms. The van der Waals surface area contributed by atoms with E-state index >= 15 is 0 Å². The number of hydrogen-bond donors (Lipinski definition) is 1. The Morgan fingerprint density at radius 3 is 2.37 bits per heavy atom. The number of benzene rings is 2. The van der Waals surface area contributed by atoms with Crippen LogP contribution in [0.1, 0.15) is 16.7 Å². The molecule has 19 heavy (non-hydrogen) atoms. The highest BCUT2D eigenvalue weighted by molar-refractivity contribution is 9.10. The molecule has 0 aliphatic carbocycles. The van der Waals surface area contributed by atoms with Gasteiger partial charge in [-0.3, -0.25) is 0 Å². The average molecular weight is 341 g/mol. The number of ether oxygens (including phenoxy) is 1. The molecule has 100 valence electrons. The molecule has 0 amide bonds. The summed E-state index contributed by atoms with van der Waals surface area (Å²) in [5.41, 5.74) is 9.79. The summed E-state index contributed by atoms with van der Waals surface area (Å²) in [6.07, 6.45) is 0. The maximum absolute atomic E-state index is 5.90. The van der Waals surface area contributed by atoms with E-state index in [1.165, 1.54) is 0 Å². The molecular formula is C15H15BrClNO. The third-order valence-electron chi connectivity index (χ3n) is 2.91. The molecule has 2 nitrogen and oxygen atoms in total. The van der Waals surface area contributed by atoms with E-state index < -0.39 is 0 Å². The Hall–Kier alpha value is -1.19. The Labute approximate surface area is 126 Å². The highest BCUT2D eigenvalue weighted by atomic mass is 79.9. The van der Waals surface area contributed by atoms with Gasteiger partial charge < -0.3 is 10.5 Å². The van der Waals surface area contributed by atoms with Crippen LogP contribution in [0.4, 0.5) is 5.69 Å². The first kappa shape index (κ1) is 14.2. The van der Waals surface area contributed by atoms with Crippen molar-refractivity contribution in [1.29, 1.82) is 0 Å². The largest absolute Gasteiger partial charge is 0.489 e. The predicted octanol–water partition coefficient (Wildman–Crippen LogP) is 4.88. The van der Waals surface area contributed by atoms with Crippen molar-refractivity contribution in [2.75, 3.05) is 5.73 Å². The number of hydrogen-bond acceptors (Lipinski definition) is 2. The van der Waals surface area contributed by atoms with Crippen molar-refractivity contribution >= 4 is 33.2 Å². The summed E-state index contributed by atoms with van der Waals surface area (Å²) in [5, 5.41) is 0.636. The van der Waals surface area contributed by atoms with Gasteiger partial charge in [0.2, 0.25) is 0 Å². The van der Waals surface area contributed by atoms with E-state index in [9.17, 15) is 0 Å². The van der Waals surface area contributed by atoms with Gasteiger partial charge in [0.15, 0.2) is 0 Å². The van der Waals surface area contributed by atoms with Crippen molar-refractivity contribution in [1.82, 2.24) is 0 Å². The highest BCUT2D eigenvalue weighted by Crippen LogP contribution is 2.27. The second kappa shape index (κ2) is 5.85. The molecule has 2 rings (SSSR count). The number of rotatable bonds is 3. The van der Waals surface area contributed by atoms with Gasteiger partial charge in [-0.15, -0.1) is 0 Å². The lowest BCUT2D eigenvalue weighted by Crippen LogP contribution is -2.00. The molecule has 0 heterocycles. The lowest BCUT2D eigenvalue weighted by atomic mass is 10.1. The summed E-state index contributed by atoms with van der Waals surface area (Å²) < 4.78 is 6.90. The maximum Gasteiger partial charge on any atom is 0.120 e. The fourth-order valence-corrected chi connectivity index (χ4v) is 2.26. The van der Waals surface area contributed by atoms with E-state index in [0.717, 1.165) is 26.9 Å². The van der Waals surface area contributed by atoms with Crippen molar-refractivity contribution in [3.8, 4) is 5.75 Å². The van der Waals surface area contributed by atoms with Crippen LogP contribution in [-0.4, -0.2) is 0 Å². The van der Waals surface area contributed by atoms with Crippen molar-refractivity contribution in [2.24, 2.45) is 0 Å². The Kier molecular flexibility index (Phi) is 4.38. The van der Waals surface area contributed by atoms with Gasteiger partial charge in [-0.05, 0) is 49.2 Å². The van der Waals surface area contributed by atoms with E-state index in [-0.39, 0.29) is 0 Å². The SMILES string of the molecule is Cc1cc(OCc2ccc(Cl)cc2N)cc(C)c1Br. The molecular weight excluding hydrogens is 326 g/mol. The lowest BCUT2D eigenvalue weighted by Gasteiger charge is -2.11. The predicted molar refractivity (Wildman–Crippen MR) is 83.8 cm³/mol. The number of anilines is 1. The van der Waals surface area contributed by atoms with Gasteiger partial charge in [0.1, 0.15) is 12.4 Å². The van der Waals surface area contributed by atoms with Crippen LogP contribution in [0.15, 0.2) is 34.8 Å². The molecule has 2 aromatic carbocycles. The highest BCUT2D eigenvalue weighted by Gasteiger charge is 2.05. The second-order valence-corrected chi connectivity index (χ2v) is 5.73. The molecule has 0 radical (unpaired) electrons.